The predicted molar refractivity (Wildman–Crippen MR) is 126 cm³/mol. The minimum absolute atomic E-state index is 0.0168. The number of aromatic carboxylic acids is 1. The van der Waals surface area contributed by atoms with Gasteiger partial charge in [0.05, 0.1) is 17.7 Å². The van der Waals surface area contributed by atoms with Crippen LogP contribution in [0.3, 0.4) is 0 Å². The molecule has 0 radical (unpaired) electrons. The van der Waals surface area contributed by atoms with Crippen LogP contribution in [0.25, 0.3) is 0 Å². The summed E-state index contributed by atoms with van der Waals surface area (Å²) >= 11 is 0. The Morgan fingerprint density at radius 3 is 2.06 bits per heavy atom. The molecule has 3 aromatic carbocycles. The van der Waals surface area contributed by atoms with Crippen molar-refractivity contribution in [3.05, 3.63) is 94.0 Å². The molecular weight excluding hydrogens is 434 g/mol. The molecule has 0 fully saturated rings. The summed E-state index contributed by atoms with van der Waals surface area (Å²) in [5.74, 6) is -0.384. The summed E-state index contributed by atoms with van der Waals surface area (Å²) in [5.41, 5.74) is 8.73. The molecule has 0 saturated heterocycles. The van der Waals surface area contributed by atoms with Gasteiger partial charge in [-0.05, 0) is 53.4 Å². The van der Waals surface area contributed by atoms with E-state index in [0.717, 1.165) is 16.7 Å². The number of ether oxygens (including phenoxy) is 2. The standard InChI is InChI=1S/C27H25NO6/c1-15(2)23-22(12-11-20-21(29)13-14-33-25(20)23)34-24(16-3-7-18(8-4-16)26(28)30)17-5-9-19(10-6-17)27(31)32/h3-12,15,24H,13-14H2,1-2H3,(H2,28,30)(H,31,32)/t24-/m1/s1. The van der Waals surface area contributed by atoms with Crippen molar-refractivity contribution in [1.82, 2.24) is 0 Å². The van der Waals surface area contributed by atoms with Crippen LogP contribution in [0.15, 0.2) is 60.7 Å². The average molecular weight is 459 g/mol. The van der Waals surface area contributed by atoms with Crippen LogP contribution in [0.2, 0.25) is 0 Å². The number of carbonyl (C=O) groups excluding carboxylic acids is 2. The second-order valence-corrected chi connectivity index (χ2v) is 8.44. The quantitative estimate of drug-likeness (QED) is 0.527. The van der Waals surface area contributed by atoms with E-state index in [1.54, 1.807) is 48.5 Å². The number of rotatable bonds is 7. The molecule has 0 bridgehead atoms. The molecular formula is C27H25NO6. The molecule has 4 rings (SSSR count). The van der Waals surface area contributed by atoms with Crippen molar-refractivity contribution < 1.29 is 29.0 Å². The van der Waals surface area contributed by atoms with Gasteiger partial charge in [-0.15, -0.1) is 0 Å². The highest BCUT2D eigenvalue weighted by atomic mass is 16.5. The van der Waals surface area contributed by atoms with Gasteiger partial charge in [0.15, 0.2) is 5.78 Å². The maximum Gasteiger partial charge on any atom is 0.335 e. The summed E-state index contributed by atoms with van der Waals surface area (Å²) in [4.78, 5) is 35.2. The van der Waals surface area contributed by atoms with Crippen molar-refractivity contribution in [3.63, 3.8) is 0 Å². The third-order valence-electron chi connectivity index (χ3n) is 5.81. The number of benzene rings is 3. The van der Waals surface area contributed by atoms with E-state index in [9.17, 15) is 19.5 Å². The third kappa shape index (κ3) is 4.50. The van der Waals surface area contributed by atoms with Crippen LogP contribution in [0.4, 0.5) is 0 Å². The molecule has 174 valence electrons. The van der Waals surface area contributed by atoms with E-state index < -0.39 is 18.0 Å². The van der Waals surface area contributed by atoms with E-state index in [4.69, 9.17) is 15.2 Å². The second kappa shape index (κ2) is 9.39. The molecule has 1 aliphatic rings. The van der Waals surface area contributed by atoms with Crippen molar-refractivity contribution in [2.24, 2.45) is 5.73 Å². The molecule has 0 aromatic heterocycles. The first-order valence-electron chi connectivity index (χ1n) is 11.0. The summed E-state index contributed by atoms with van der Waals surface area (Å²) in [7, 11) is 0. The molecule has 1 aliphatic heterocycles. The number of hydrogen-bond acceptors (Lipinski definition) is 5. The Morgan fingerprint density at radius 2 is 1.53 bits per heavy atom. The van der Waals surface area contributed by atoms with Gasteiger partial charge >= 0.3 is 5.97 Å². The van der Waals surface area contributed by atoms with Crippen LogP contribution in [0, 0.1) is 0 Å². The number of carbonyl (C=O) groups is 3. The van der Waals surface area contributed by atoms with Crippen molar-refractivity contribution in [1.29, 1.82) is 0 Å². The monoisotopic (exact) mass is 459 g/mol. The second-order valence-electron chi connectivity index (χ2n) is 8.44. The van der Waals surface area contributed by atoms with Crippen molar-refractivity contribution in [2.45, 2.75) is 32.3 Å². The highest BCUT2D eigenvalue weighted by Gasteiger charge is 2.27. The Labute approximate surface area is 197 Å². The van der Waals surface area contributed by atoms with Crippen molar-refractivity contribution >= 4 is 17.7 Å². The summed E-state index contributed by atoms with van der Waals surface area (Å²) < 4.78 is 12.4. The number of carboxylic acid groups (broad SMARTS) is 1. The van der Waals surface area contributed by atoms with E-state index in [1.807, 2.05) is 13.8 Å². The zero-order valence-electron chi connectivity index (χ0n) is 18.9. The lowest BCUT2D eigenvalue weighted by Gasteiger charge is -2.27. The molecule has 3 N–H and O–H groups in total. The number of fused-ring (bicyclic) bond motifs is 1. The zero-order chi connectivity index (χ0) is 24.4. The lowest BCUT2D eigenvalue weighted by atomic mass is 9.93. The Hall–Kier alpha value is -4.13. The molecule has 3 aromatic rings. The highest BCUT2D eigenvalue weighted by molar-refractivity contribution is 6.00. The van der Waals surface area contributed by atoms with Gasteiger partial charge in [-0.25, -0.2) is 4.79 Å². The lowest BCUT2D eigenvalue weighted by molar-refractivity contribution is 0.0696. The van der Waals surface area contributed by atoms with Crippen molar-refractivity contribution in [2.75, 3.05) is 6.61 Å². The molecule has 1 heterocycles. The first-order valence-corrected chi connectivity index (χ1v) is 11.0. The topological polar surface area (TPSA) is 116 Å². The van der Waals surface area contributed by atoms with Crippen LogP contribution < -0.4 is 15.2 Å². The lowest BCUT2D eigenvalue weighted by Crippen LogP contribution is -2.19. The molecule has 0 unspecified atom stereocenters. The summed E-state index contributed by atoms with van der Waals surface area (Å²) in [6.45, 7) is 4.33. The minimum atomic E-state index is -1.02. The third-order valence-corrected chi connectivity index (χ3v) is 5.81. The van der Waals surface area contributed by atoms with Crippen LogP contribution in [-0.4, -0.2) is 29.4 Å². The smallest absolute Gasteiger partial charge is 0.335 e. The Kier molecular flexibility index (Phi) is 6.36. The fourth-order valence-corrected chi connectivity index (χ4v) is 4.06. The van der Waals surface area contributed by atoms with Gasteiger partial charge in [0.2, 0.25) is 5.91 Å². The Bertz CT molecular complexity index is 1190. The van der Waals surface area contributed by atoms with Crippen LogP contribution >= 0.6 is 0 Å². The normalized spacial score (nSPS) is 13.7. The number of hydrogen-bond donors (Lipinski definition) is 2. The van der Waals surface area contributed by atoms with Gasteiger partial charge in [0.25, 0.3) is 0 Å². The molecule has 7 nitrogen and oxygen atoms in total. The zero-order valence-corrected chi connectivity index (χ0v) is 18.9. The number of carboxylic acids is 1. The number of primary amides is 1. The number of Topliss-reactive ketones (excluding diaryl/α,β-unsaturated/α-hetero) is 1. The first kappa shape index (κ1) is 23.0. The predicted octanol–water partition coefficient (Wildman–Crippen LogP) is 4.74. The molecule has 1 atom stereocenters. The van der Waals surface area contributed by atoms with Gasteiger partial charge < -0.3 is 20.3 Å². The number of nitrogens with two attached hydrogens (primary N) is 1. The van der Waals surface area contributed by atoms with Gasteiger partial charge in [-0.1, -0.05) is 38.1 Å². The molecule has 7 heteroatoms. The number of ketones is 1. The average Bonchev–Trinajstić information content (AvgIpc) is 2.82. The first-order chi connectivity index (χ1) is 16.3. The van der Waals surface area contributed by atoms with E-state index in [2.05, 4.69) is 0 Å². The Balaban J connectivity index is 1.80. The van der Waals surface area contributed by atoms with E-state index in [0.29, 0.717) is 35.7 Å². The van der Waals surface area contributed by atoms with Gasteiger partial charge in [0, 0.05) is 17.5 Å². The fraction of sp³-hybridized carbons (Fsp3) is 0.222. The van der Waals surface area contributed by atoms with Gasteiger partial charge in [-0.2, -0.15) is 0 Å². The number of amides is 1. The minimum Gasteiger partial charge on any atom is -0.492 e. The SMILES string of the molecule is CC(C)c1c(O[C@H](c2ccc(C(N)=O)cc2)c2ccc(C(=O)O)cc2)ccc2c1OCCC2=O. The molecule has 34 heavy (non-hydrogen) atoms. The summed E-state index contributed by atoms with van der Waals surface area (Å²) in [5, 5.41) is 9.26. The summed E-state index contributed by atoms with van der Waals surface area (Å²) in [6, 6.07) is 16.7. The van der Waals surface area contributed by atoms with Crippen LogP contribution in [0.1, 0.15) is 80.1 Å². The molecule has 1 amide bonds. The van der Waals surface area contributed by atoms with E-state index in [1.165, 1.54) is 12.1 Å². The molecule has 0 spiro atoms. The molecule has 0 saturated carbocycles. The van der Waals surface area contributed by atoms with Crippen LogP contribution in [0.5, 0.6) is 11.5 Å². The Morgan fingerprint density at radius 1 is 0.941 bits per heavy atom. The maximum atomic E-state index is 12.4. The van der Waals surface area contributed by atoms with Gasteiger partial charge in [0.1, 0.15) is 17.6 Å². The largest absolute Gasteiger partial charge is 0.492 e. The fourth-order valence-electron chi connectivity index (χ4n) is 4.06. The van der Waals surface area contributed by atoms with Gasteiger partial charge in [-0.3, -0.25) is 9.59 Å². The molecule has 0 aliphatic carbocycles. The van der Waals surface area contributed by atoms with E-state index >= 15 is 0 Å². The summed E-state index contributed by atoms with van der Waals surface area (Å²) in [6.07, 6.45) is -0.269. The highest BCUT2D eigenvalue weighted by Crippen LogP contribution is 2.42. The maximum absolute atomic E-state index is 12.4. The van der Waals surface area contributed by atoms with E-state index in [-0.39, 0.29) is 17.3 Å². The van der Waals surface area contributed by atoms with Crippen molar-refractivity contribution in [3.8, 4) is 11.5 Å². The van der Waals surface area contributed by atoms with Crippen LogP contribution in [-0.2, 0) is 0 Å².